The molecule has 0 saturated heterocycles. The Morgan fingerprint density at radius 3 is 1.85 bits per heavy atom. The highest BCUT2D eigenvalue weighted by Gasteiger charge is 2.44. The van der Waals surface area contributed by atoms with Gasteiger partial charge in [0.25, 0.3) is 5.92 Å². The predicted octanol–water partition coefficient (Wildman–Crippen LogP) is 12.0. The molecule has 10 aromatic rings. The molecule has 250 valence electrons. The summed E-state index contributed by atoms with van der Waals surface area (Å²) in [6, 6.07) is 50.0. The Labute approximate surface area is 301 Å². The Balaban J connectivity index is 1.20. The van der Waals surface area contributed by atoms with Crippen LogP contribution in [0.3, 0.4) is 0 Å². The van der Waals surface area contributed by atoms with Gasteiger partial charge in [-0.25, -0.2) is 15.0 Å². The van der Waals surface area contributed by atoms with Crippen molar-refractivity contribution in [3.05, 3.63) is 169 Å². The average Bonchev–Trinajstić information content (AvgIpc) is 3.83. The number of aromatic nitrogens is 4. The van der Waals surface area contributed by atoms with E-state index >= 15 is 8.78 Å². The van der Waals surface area contributed by atoms with E-state index in [0.717, 1.165) is 60.6 Å². The summed E-state index contributed by atoms with van der Waals surface area (Å²) in [5.74, 6) is -1.52. The summed E-state index contributed by atoms with van der Waals surface area (Å²) in [5.41, 5.74) is 7.49. The molecule has 53 heavy (non-hydrogen) atoms. The smallest absolute Gasteiger partial charge is 0.299 e. The van der Waals surface area contributed by atoms with Crippen LogP contribution in [0, 0.1) is 0 Å². The monoisotopic (exact) mass is 688 g/mol. The minimum Gasteiger partial charge on any atom is -0.456 e. The van der Waals surface area contributed by atoms with Gasteiger partial charge in [0.2, 0.25) is 0 Å². The number of para-hydroxylation sites is 1. The summed E-state index contributed by atoms with van der Waals surface area (Å²) >= 11 is 0. The van der Waals surface area contributed by atoms with Gasteiger partial charge in [0, 0.05) is 55.0 Å². The lowest BCUT2D eigenvalue weighted by Crippen LogP contribution is -2.11. The number of fused-ring (bicyclic) bond motifs is 10. The molecule has 0 atom stereocenters. The molecule has 0 spiro atoms. The maximum Gasteiger partial charge on any atom is 0.299 e. The molecule has 3 heterocycles. The third-order valence-corrected chi connectivity index (χ3v) is 10.4. The molecule has 0 amide bonds. The van der Waals surface area contributed by atoms with Crippen LogP contribution in [-0.4, -0.2) is 19.5 Å². The molecule has 0 radical (unpaired) electrons. The molecule has 7 aromatic carbocycles. The van der Waals surface area contributed by atoms with E-state index in [-0.39, 0.29) is 11.1 Å². The minimum atomic E-state index is -3.15. The number of rotatable bonds is 4. The van der Waals surface area contributed by atoms with Crippen molar-refractivity contribution in [3.63, 3.8) is 0 Å². The van der Waals surface area contributed by atoms with E-state index in [2.05, 4.69) is 10.6 Å². The number of halogens is 2. The molecule has 3 aromatic heterocycles. The van der Waals surface area contributed by atoms with Crippen molar-refractivity contribution >= 4 is 43.7 Å². The molecule has 0 saturated carbocycles. The fourth-order valence-electron chi connectivity index (χ4n) is 7.99. The lowest BCUT2D eigenvalue weighted by atomic mass is 10.00. The summed E-state index contributed by atoms with van der Waals surface area (Å²) in [6.07, 6.45) is 0. The molecule has 0 aliphatic heterocycles. The Kier molecular flexibility index (Phi) is 6.17. The Hall–Kier alpha value is -6.99. The van der Waals surface area contributed by atoms with Gasteiger partial charge < -0.3 is 8.98 Å². The van der Waals surface area contributed by atoms with E-state index in [0.29, 0.717) is 34.1 Å². The van der Waals surface area contributed by atoms with Crippen molar-refractivity contribution in [2.75, 3.05) is 0 Å². The maximum absolute atomic E-state index is 16.3. The molecule has 0 unspecified atom stereocenters. The molecule has 0 bridgehead atoms. The van der Waals surface area contributed by atoms with Crippen LogP contribution in [0.2, 0.25) is 0 Å². The van der Waals surface area contributed by atoms with Crippen molar-refractivity contribution in [1.29, 1.82) is 0 Å². The van der Waals surface area contributed by atoms with Crippen LogP contribution in [0.5, 0.6) is 0 Å². The van der Waals surface area contributed by atoms with Crippen molar-refractivity contribution < 1.29 is 13.2 Å². The van der Waals surface area contributed by atoms with Crippen molar-refractivity contribution in [3.8, 4) is 51.0 Å². The first-order valence-corrected chi connectivity index (χ1v) is 17.4. The maximum atomic E-state index is 16.3. The second kappa shape index (κ2) is 11.0. The number of furan rings is 1. The first-order valence-electron chi connectivity index (χ1n) is 17.4. The van der Waals surface area contributed by atoms with Gasteiger partial charge in [-0.2, -0.15) is 8.78 Å². The van der Waals surface area contributed by atoms with Crippen LogP contribution in [0.15, 0.2) is 162 Å². The van der Waals surface area contributed by atoms with E-state index < -0.39 is 5.92 Å². The van der Waals surface area contributed by atoms with E-state index in [1.165, 1.54) is 6.07 Å². The number of benzene rings is 7. The average molecular weight is 689 g/mol. The Morgan fingerprint density at radius 1 is 0.453 bits per heavy atom. The van der Waals surface area contributed by atoms with Gasteiger partial charge in [0.15, 0.2) is 17.5 Å². The molecule has 7 heteroatoms. The molecule has 1 aliphatic rings. The quantitative estimate of drug-likeness (QED) is 0.185. The number of alkyl halides is 2. The SMILES string of the molecule is FC1(F)c2ccccc2-c2cc3c4c5c(ccc4n(-c4cccc(-c6nc(-c7ccccc7)nc(-c7ccccc7)n6)c4)c3cc21)oc1ccccc15. The summed E-state index contributed by atoms with van der Waals surface area (Å²) in [7, 11) is 0. The number of nitrogens with zero attached hydrogens (tertiary/aromatic N) is 4. The van der Waals surface area contributed by atoms with Gasteiger partial charge in [-0.15, -0.1) is 0 Å². The van der Waals surface area contributed by atoms with Gasteiger partial charge in [-0.05, 0) is 53.6 Å². The second-order valence-electron chi connectivity index (χ2n) is 13.4. The summed E-state index contributed by atoms with van der Waals surface area (Å²) in [6.45, 7) is 0. The zero-order valence-corrected chi connectivity index (χ0v) is 28.0. The highest BCUT2D eigenvalue weighted by atomic mass is 19.3. The van der Waals surface area contributed by atoms with Crippen molar-refractivity contribution in [2.45, 2.75) is 5.92 Å². The first kappa shape index (κ1) is 29.7. The number of hydrogen-bond acceptors (Lipinski definition) is 4. The summed E-state index contributed by atoms with van der Waals surface area (Å²) < 4.78 is 40.9. The molecular formula is C46H26F2N4O. The van der Waals surface area contributed by atoms with Crippen LogP contribution in [0.1, 0.15) is 11.1 Å². The largest absolute Gasteiger partial charge is 0.456 e. The zero-order valence-electron chi connectivity index (χ0n) is 28.0. The van der Waals surface area contributed by atoms with E-state index in [1.54, 1.807) is 18.2 Å². The summed E-state index contributed by atoms with van der Waals surface area (Å²) in [4.78, 5) is 14.8. The molecule has 11 rings (SSSR count). The van der Waals surface area contributed by atoms with Crippen LogP contribution in [0.4, 0.5) is 8.78 Å². The third kappa shape index (κ3) is 4.37. The highest BCUT2D eigenvalue weighted by molar-refractivity contribution is 6.28. The first-order chi connectivity index (χ1) is 26.0. The molecule has 5 nitrogen and oxygen atoms in total. The molecule has 0 N–H and O–H groups in total. The lowest BCUT2D eigenvalue weighted by Gasteiger charge is -2.14. The van der Waals surface area contributed by atoms with Gasteiger partial charge >= 0.3 is 0 Å². The van der Waals surface area contributed by atoms with Gasteiger partial charge in [0.05, 0.1) is 11.0 Å². The van der Waals surface area contributed by atoms with Crippen molar-refractivity contribution in [1.82, 2.24) is 19.5 Å². The lowest BCUT2D eigenvalue weighted by molar-refractivity contribution is 0.0481. The normalized spacial score (nSPS) is 13.2. The molecule has 0 fully saturated rings. The van der Waals surface area contributed by atoms with Crippen LogP contribution in [-0.2, 0) is 5.92 Å². The van der Waals surface area contributed by atoms with E-state index in [1.807, 2.05) is 127 Å². The fourth-order valence-corrected chi connectivity index (χ4v) is 7.99. The standard InChI is InChI=1S/C46H26F2N4O/c47-46(48)35-20-9-7-18-31(35)33-25-34-38(26-36(33)46)52(37-22-23-40-42(41(34)37)32-19-8-10-21-39(32)53-40)30-17-11-16-29(24-30)45-50-43(27-12-3-1-4-13-27)49-44(51-45)28-14-5-2-6-15-28/h1-26H. The van der Waals surface area contributed by atoms with Gasteiger partial charge in [0.1, 0.15) is 11.2 Å². The Morgan fingerprint density at radius 2 is 1.09 bits per heavy atom. The van der Waals surface area contributed by atoms with Crippen molar-refractivity contribution in [2.24, 2.45) is 0 Å². The molecule has 1 aliphatic carbocycles. The van der Waals surface area contributed by atoms with E-state index in [9.17, 15) is 0 Å². The van der Waals surface area contributed by atoms with Crippen LogP contribution >= 0.6 is 0 Å². The third-order valence-electron chi connectivity index (χ3n) is 10.4. The van der Waals surface area contributed by atoms with Crippen LogP contribution in [0.25, 0.3) is 94.7 Å². The Bertz CT molecular complexity index is 3040. The van der Waals surface area contributed by atoms with Gasteiger partial charge in [-0.3, -0.25) is 0 Å². The molecular weight excluding hydrogens is 663 g/mol. The van der Waals surface area contributed by atoms with Gasteiger partial charge in [-0.1, -0.05) is 115 Å². The topological polar surface area (TPSA) is 56.7 Å². The second-order valence-corrected chi connectivity index (χ2v) is 13.4. The highest BCUT2D eigenvalue weighted by Crippen LogP contribution is 2.53. The fraction of sp³-hybridized carbons (Fsp3) is 0.0217. The van der Waals surface area contributed by atoms with Crippen LogP contribution < -0.4 is 0 Å². The summed E-state index contributed by atoms with van der Waals surface area (Å²) in [5, 5.41) is 3.74. The predicted molar refractivity (Wildman–Crippen MR) is 206 cm³/mol. The number of hydrogen-bond donors (Lipinski definition) is 0. The van der Waals surface area contributed by atoms with E-state index in [4.69, 9.17) is 19.4 Å². The zero-order chi connectivity index (χ0) is 35.3. The minimum absolute atomic E-state index is 0.00261.